The molecular weight excluding hydrogens is 502 g/mol. The number of nitrogens with one attached hydrogen (secondary N) is 1. The lowest BCUT2D eigenvalue weighted by Gasteiger charge is -2.26. The number of Topliss-reactive ketones (excluding diaryl/α,β-unsaturated/α-hetero) is 1. The first-order valence-corrected chi connectivity index (χ1v) is 14.2. The highest BCUT2D eigenvalue weighted by molar-refractivity contribution is 6.30. The summed E-state index contributed by atoms with van der Waals surface area (Å²) in [5.74, 6) is 1.95. The first kappa shape index (κ1) is 30.0. The Kier molecular flexibility index (Phi) is 12.4. The Hall–Kier alpha value is -2.57. The van der Waals surface area contributed by atoms with Gasteiger partial charge in [-0.2, -0.15) is 0 Å². The third kappa shape index (κ3) is 9.63. The molecule has 0 bridgehead atoms. The van der Waals surface area contributed by atoms with Gasteiger partial charge in [-0.15, -0.1) is 0 Å². The Labute approximate surface area is 232 Å². The molecule has 2 aliphatic heterocycles. The molecule has 0 radical (unpaired) electrons. The average Bonchev–Trinajstić information content (AvgIpc) is 2.91. The van der Waals surface area contributed by atoms with Gasteiger partial charge in [0, 0.05) is 36.6 Å². The minimum Gasteiger partial charge on any atom is -0.493 e. The molecule has 0 saturated carbocycles. The highest BCUT2D eigenvalue weighted by Crippen LogP contribution is 2.34. The van der Waals surface area contributed by atoms with Crippen LogP contribution in [0, 0.1) is 11.8 Å². The van der Waals surface area contributed by atoms with E-state index in [1.54, 1.807) is 7.11 Å². The van der Waals surface area contributed by atoms with Crippen LogP contribution in [0.4, 0.5) is 0 Å². The molecule has 0 aliphatic carbocycles. The molecule has 0 aromatic heterocycles. The second-order valence-corrected chi connectivity index (χ2v) is 10.7. The Bertz CT molecular complexity index is 1020. The number of carbonyl (C=O) groups is 2. The van der Waals surface area contributed by atoms with Gasteiger partial charge in [-0.05, 0) is 94.2 Å². The molecule has 1 unspecified atom stereocenters. The second-order valence-electron chi connectivity index (χ2n) is 10.3. The quantitative estimate of drug-likeness (QED) is 0.485. The van der Waals surface area contributed by atoms with E-state index >= 15 is 0 Å². The van der Waals surface area contributed by atoms with E-state index in [9.17, 15) is 9.59 Å². The predicted octanol–water partition coefficient (Wildman–Crippen LogP) is 6.21. The maximum Gasteiger partial charge on any atom is 0.224 e. The fraction of sp³-hybridized carbons (Fsp3) is 0.548. The maximum absolute atomic E-state index is 13.2. The van der Waals surface area contributed by atoms with Crippen molar-refractivity contribution in [2.75, 3.05) is 26.9 Å². The number of benzene rings is 2. The highest BCUT2D eigenvalue weighted by atomic mass is 35.5. The zero-order valence-corrected chi connectivity index (χ0v) is 23.7. The van der Waals surface area contributed by atoms with Crippen LogP contribution in [0.3, 0.4) is 0 Å². The SMILES string of the molecule is COc1cc2c(cc1OC(C)C)CCCC(C(=O)C1CCOCC1)CCCNC(=O)C2.Clc1ccccc1. The number of methoxy groups -OCH3 is 1. The average molecular weight is 544 g/mol. The second kappa shape index (κ2) is 15.7. The van der Waals surface area contributed by atoms with Crippen LogP contribution in [0.2, 0.25) is 5.02 Å². The monoisotopic (exact) mass is 543 g/mol. The summed E-state index contributed by atoms with van der Waals surface area (Å²) in [5, 5.41) is 3.82. The number of carbonyl (C=O) groups excluding carboxylic acids is 2. The van der Waals surface area contributed by atoms with Crippen LogP contribution in [0.5, 0.6) is 11.5 Å². The topological polar surface area (TPSA) is 73.9 Å². The number of halogens is 1. The number of fused-ring (bicyclic) bond motifs is 1. The summed E-state index contributed by atoms with van der Waals surface area (Å²) in [4.78, 5) is 25.7. The Balaban J connectivity index is 0.000000494. The molecule has 208 valence electrons. The third-order valence-corrected chi connectivity index (χ3v) is 7.26. The number of aryl methyl sites for hydroxylation is 1. The summed E-state index contributed by atoms with van der Waals surface area (Å²) in [6, 6.07) is 13.4. The molecule has 38 heavy (non-hydrogen) atoms. The van der Waals surface area contributed by atoms with Crippen molar-refractivity contribution in [3.63, 3.8) is 0 Å². The van der Waals surface area contributed by atoms with Crippen molar-refractivity contribution >= 4 is 23.3 Å². The number of hydrogen-bond donors (Lipinski definition) is 1. The van der Waals surface area contributed by atoms with E-state index in [0.717, 1.165) is 61.1 Å². The van der Waals surface area contributed by atoms with Gasteiger partial charge < -0.3 is 19.5 Å². The molecule has 4 rings (SSSR count). The molecule has 1 saturated heterocycles. The lowest BCUT2D eigenvalue weighted by molar-refractivity contribution is -0.130. The fourth-order valence-corrected chi connectivity index (χ4v) is 5.20. The first-order valence-electron chi connectivity index (χ1n) is 13.8. The minimum atomic E-state index is 0.00807. The van der Waals surface area contributed by atoms with Crippen LogP contribution < -0.4 is 14.8 Å². The number of hydrogen-bond acceptors (Lipinski definition) is 5. The normalized spacial score (nSPS) is 19.1. The largest absolute Gasteiger partial charge is 0.493 e. The van der Waals surface area contributed by atoms with E-state index in [0.29, 0.717) is 43.5 Å². The van der Waals surface area contributed by atoms with Crippen molar-refractivity contribution in [3.8, 4) is 11.5 Å². The molecule has 2 aromatic rings. The van der Waals surface area contributed by atoms with Gasteiger partial charge in [0.15, 0.2) is 11.5 Å². The predicted molar refractivity (Wildman–Crippen MR) is 151 cm³/mol. The number of ether oxygens (including phenoxy) is 3. The summed E-state index contributed by atoms with van der Waals surface area (Å²) in [7, 11) is 1.62. The molecule has 2 aliphatic rings. The van der Waals surface area contributed by atoms with Gasteiger partial charge in [-0.1, -0.05) is 29.8 Å². The van der Waals surface area contributed by atoms with Gasteiger partial charge >= 0.3 is 0 Å². The van der Waals surface area contributed by atoms with Crippen molar-refractivity contribution < 1.29 is 23.8 Å². The van der Waals surface area contributed by atoms with Crippen LogP contribution in [-0.4, -0.2) is 44.7 Å². The zero-order chi connectivity index (χ0) is 27.3. The number of ketones is 1. The van der Waals surface area contributed by atoms with Crippen LogP contribution in [0.15, 0.2) is 42.5 Å². The summed E-state index contributed by atoms with van der Waals surface area (Å²) >= 11 is 5.54. The van der Waals surface area contributed by atoms with Crippen LogP contribution >= 0.6 is 11.6 Å². The van der Waals surface area contributed by atoms with E-state index in [-0.39, 0.29) is 23.8 Å². The lowest BCUT2D eigenvalue weighted by atomic mass is 9.82. The molecule has 2 heterocycles. The standard InChI is InChI=1S/C25H37NO5.C6H5Cl/c1-17(2)31-23-14-20-7-4-6-18(25(28)19-9-12-30-13-10-19)8-5-11-26-24(27)16-21(20)15-22(23)29-3;7-6-4-2-1-3-5-6/h14-15,17-19H,4-13,16H2,1-3H3,(H,26,27);1-5H. The van der Waals surface area contributed by atoms with E-state index in [1.807, 2.05) is 56.3 Å². The van der Waals surface area contributed by atoms with E-state index in [1.165, 1.54) is 0 Å². The van der Waals surface area contributed by atoms with E-state index < -0.39 is 0 Å². The van der Waals surface area contributed by atoms with E-state index in [4.69, 9.17) is 25.8 Å². The molecule has 1 atom stereocenters. The van der Waals surface area contributed by atoms with Crippen molar-refractivity contribution in [1.29, 1.82) is 0 Å². The smallest absolute Gasteiger partial charge is 0.224 e. The molecular formula is C31H42ClNO5. The van der Waals surface area contributed by atoms with Crippen LogP contribution in [0.1, 0.15) is 63.5 Å². The minimum absolute atomic E-state index is 0.00807. The third-order valence-electron chi connectivity index (χ3n) is 7.01. The number of amides is 1. The van der Waals surface area contributed by atoms with Crippen molar-refractivity contribution in [2.45, 2.75) is 71.3 Å². The molecule has 1 N–H and O–H groups in total. The molecule has 2 aromatic carbocycles. The molecule has 1 amide bonds. The molecule has 0 spiro atoms. The van der Waals surface area contributed by atoms with Crippen molar-refractivity contribution in [3.05, 3.63) is 58.6 Å². The van der Waals surface area contributed by atoms with Crippen molar-refractivity contribution in [1.82, 2.24) is 5.32 Å². The van der Waals surface area contributed by atoms with Gasteiger partial charge in [0.2, 0.25) is 5.91 Å². The Morgan fingerprint density at radius 1 is 0.974 bits per heavy atom. The van der Waals surface area contributed by atoms with Gasteiger partial charge in [-0.25, -0.2) is 0 Å². The highest BCUT2D eigenvalue weighted by Gasteiger charge is 2.28. The molecule has 1 fully saturated rings. The lowest BCUT2D eigenvalue weighted by Crippen LogP contribution is -2.31. The van der Waals surface area contributed by atoms with Gasteiger partial charge in [0.25, 0.3) is 0 Å². The number of rotatable bonds is 5. The van der Waals surface area contributed by atoms with Crippen LogP contribution in [-0.2, 0) is 27.2 Å². The Morgan fingerprint density at radius 2 is 1.63 bits per heavy atom. The van der Waals surface area contributed by atoms with Crippen LogP contribution in [0.25, 0.3) is 0 Å². The summed E-state index contributed by atoms with van der Waals surface area (Å²) in [6.07, 6.45) is 6.34. The molecule has 6 nitrogen and oxygen atoms in total. The van der Waals surface area contributed by atoms with E-state index in [2.05, 4.69) is 5.32 Å². The van der Waals surface area contributed by atoms with Gasteiger partial charge in [0.05, 0.1) is 19.6 Å². The van der Waals surface area contributed by atoms with Gasteiger partial charge in [-0.3, -0.25) is 9.59 Å². The fourth-order valence-electron chi connectivity index (χ4n) is 5.06. The molecule has 7 heteroatoms. The zero-order valence-electron chi connectivity index (χ0n) is 23.0. The first-order chi connectivity index (χ1) is 18.4. The summed E-state index contributed by atoms with van der Waals surface area (Å²) in [5.41, 5.74) is 2.07. The summed E-state index contributed by atoms with van der Waals surface area (Å²) < 4.78 is 16.9. The maximum atomic E-state index is 13.2. The van der Waals surface area contributed by atoms with Crippen molar-refractivity contribution in [2.24, 2.45) is 11.8 Å². The summed E-state index contributed by atoms with van der Waals surface area (Å²) in [6.45, 7) is 5.95. The Morgan fingerprint density at radius 3 is 2.26 bits per heavy atom. The van der Waals surface area contributed by atoms with Gasteiger partial charge in [0.1, 0.15) is 5.78 Å².